The Balaban J connectivity index is 0.00000512. The third-order valence-electron chi connectivity index (χ3n) is 4.62. The Hall–Kier alpha value is -2.02. The average Bonchev–Trinajstić information content (AvgIpc) is 3.11. The topological polar surface area (TPSA) is 83.7 Å². The first-order chi connectivity index (χ1) is 14.6. The van der Waals surface area contributed by atoms with Crippen LogP contribution in [0.3, 0.4) is 0 Å². The number of aromatic nitrogens is 2. The Morgan fingerprint density at radius 2 is 2.03 bits per heavy atom. The Kier molecular flexibility index (Phi) is 10.8. The molecule has 0 bridgehead atoms. The molecule has 0 spiro atoms. The highest BCUT2D eigenvalue weighted by molar-refractivity contribution is 14.0. The zero-order chi connectivity index (χ0) is 23.1. The molecule has 0 saturated carbocycles. The number of hydrogen-bond acceptors (Lipinski definition) is 4. The van der Waals surface area contributed by atoms with Gasteiger partial charge in [-0.05, 0) is 38.5 Å². The highest BCUT2D eigenvalue weighted by Gasteiger charge is 2.57. The van der Waals surface area contributed by atoms with Crippen molar-refractivity contribution in [1.82, 2.24) is 20.2 Å². The van der Waals surface area contributed by atoms with Gasteiger partial charge in [0.25, 0.3) is 0 Å². The normalized spacial score (nSPS) is 14.8. The number of benzene rings is 1. The molecule has 7 nitrogen and oxygen atoms in total. The lowest BCUT2D eigenvalue weighted by Gasteiger charge is -2.30. The Morgan fingerprint density at radius 3 is 2.59 bits per heavy atom. The number of rotatable bonds is 9. The van der Waals surface area contributed by atoms with Crippen LogP contribution in [0.25, 0.3) is 0 Å². The van der Waals surface area contributed by atoms with E-state index >= 15 is 0 Å². The number of aryl methyl sites for hydroxylation is 2. The number of aliphatic imine (C=N–C) groups is 1. The van der Waals surface area contributed by atoms with Crippen LogP contribution in [0.1, 0.15) is 31.7 Å². The van der Waals surface area contributed by atoms with E-state index in [0.717, 1.165) is 15.9 Å². The van der Waals surface area contributed by atoms with Crippen LogP contribution in [-0.2, 0) is 12.6 Å². The summed E-state index contributed by atoms with van der Waals surface area (Å²) in [5.74, 6) is 0.612. The summed E-state index contributed by atoms with van der Waals surface area (Å²) in [6.45, 7) is 6.34. The molecule has 1 aromatic heterocycles. The number of guanidine groups is 1. The second-order valence-electron chi connectivity index (χ2n) is 7.36. The van der Waals surface area contributed by atoms with Gasteiger partial charge < -0.3 is 25.0 Å². The van der Waals surface area contributed by atoms with Crippen molar-refractivity contribution < 1.29 is 23.0 Å². The van der Waals surface area contributed by atoms with Gasteiger partial charge in [0.2, 0.25) is 5.60 Å². The van der Waals surface area contributed by atoms with Gasteiger partial charge in [0, 0.05) is 39.0 Å². The first-order valence-corrected chi connectivity index (χ1v) is 10.1. The summed E-state index contributed by atoms with van der Waals surface area (Å²) < 4.78 is 47.8. The molecule has 0 fully saturated rings. The van der Waals surface area contributed by atoms with Gasteiger partial charge in [0.05, 0.1) is 6.54 Å². The molecule has 2 unspecified atom stereocenters. The fourth-order valence-electron chi connectivity index (χ4n) is 3.03. The molecule has 2 aromatic rings. The molecule has 2 atom stereocenters. The van der Waals surface area contributed by atoms with Crippen molar-refractivity contribution in [3.63, 3.8) is 0 Å². The molecule has 1 aromatic carbocycles. The van der Waals surface area contributed by atoms with Crippen LogP contribution in [0.5, 0.6) is 5.75 Å². The summed E-state index contributed by atoms with van der Waals surface area (Å²) in [5, 5.41) is 16.2. The van der Waals surface area contributed by atoms with Crippen molar-refractivity contribution in [2.75, 3.05) is 19.6 Å². The van der Waals surface area contributed by atoms with Gasteiger partial charge in [-0.1, -0.05) is 12.1 Å². The minimum atomic E-state index is -4.88. The molecular weight excluding hydrogens is 538 g/mol. The number of nitrogens with one attached hydrogen (secondary N) is 2. The molecular formula is C21H31F3IN5O2. The lowest BCUT2D eigenvalue weighted by Crippen LogP contribution is -2.48. The van der Waals surface area contributed by atoms with Crippen LogP contribution in [0.2, 0.25) is 0 Å². The number of ether oxygens (including phenoxy) is 1. The monoisotopic (exact) mass is 569 g/mol. The SMILES string of the molecule is CCNC(=NCC(C)Oc1cccc(C)c1)NCCC(O)(c1nccn1C)C(F)(F)F.I. The van der Waals surface area contributed by atoms with E-state index < -0.39 is 24.0 Å². The van der Waals surface area contributed by atoms with E-state index in [1.54, 1.807) is 0 Å². The van der Waals surface area contributed by atoms with Crippen LogP contribution in [0, 0.1) is 6.92 Å². The molecule has 180 valence electrons. The van der Waals surface area contributed by atoms with E-state index in [9.17, 15) is 18.3 Å². The molecule has 0 amide bonds. The number of halogens is 4. The Labute approximate surface area is 203 Å². The zero-order valence-corrected chi connectivity index (χ0v) is 20.9. The number of hydrogen-bond donors (Lipinski definition) is 3. The first-order valence-electron chi connectivity index (χ1n) is 10.1. The molecule has 11 heteroatoms. The van der Waals surface area contributed by atoms with Crippen LogP contribution in [0.15, 0.2) is 41.7 Å². The van der Waals surface area contributed by atoms with Gasteiger partial charge in [-0.3, -0.25) is 0 Å². The maximum absolute atomic E-state index is 13.6. The van der Waals surface area contributed by atoms with Crippen LogP contribution >= 0.6 is 24.0 Å². The smallest absolute Gasteiger partial charge is 0.424 e. The van der Waals surface area contributed by atoms with E-state index in [1.807, 2.05) is 45.0 Å². The summed E-state index contributed by atoms with van der Waals surface area (Å²) >= 11 is 0. The van der Waals surface area contributed by atoms with E-state index in [4.69, 9.17) is 4.74 Å². The Bertz CT molecular complexity index is 875. The van der Waals surface area contributed by atoms with Crippen LogP contribution in [0.4, 0.5) is 13.2 Å². The van der Waals surface area contributed by atoms with Crippen molar-refractivity contribution in [3.05, 3.63) is 48.0 Å². The van der Waals surface area contributed by atoms with Crippen LogP contribution < -0.4 is 15.4 Å². The van der Waals surface area contributed by atoms with Gasteiger partial charge in [-0.25, -0.2) is 9.98 Å². The summed E-state index contributed by atoms with van der Waals surface area (Å²) in [6.07, 6.45) is -3.15. The van der Waals surface area contributed by atoms with Gasteiger partial charge in [-0.2, -0.15) is 13.2 Å². The quantitative estimate of drug-likeness (QED) is 0.245. The minimum Gasteiger partial charge on any atom is -0.489 e. The van der Waals surface area contributed by atoms with Gasteiger partial charge in [-0.15, -0.1) is 24.0 Å². The fourth-order valence-corrected chi connectivity index (χ4v) is 3.03. The van der Waals surface area contributed by atoms with Crippen molar-refractivity contribution in [2.45, 2.75) is 45.1 Å². The third-order valence-corrected chi connectivity index (χ3v) is 4.62. The standard InChI is InChI=1S/C21H30F3N5O2.HI/c1-5-25-19(28-14-16(3)31-17-8-6-7-15(2)13-17)27-10-9-20(30,21(22,23)24)18-26-11-12-29(18)4;/h6-8,11-13,16,30H,5,9-10,14H2,1-4H3,(H2,25,27,28);1H. The van der Waals surface area contributed by atoms with Crippen molar-refractivity contribution in [1.29, 1.82) is 0 Å². The van der Waals surface area contributed by atoms with Gasteiger partial charge in [0.15, 0.2) is 5.96 Å². The number of imidazole rings is 1. The van der Waals surface area contributed by atoms with E-state index in [2.05, 4.69) is 20.6 Å². The number of nitrogens with zero attached hydrogens (tertiary/aromatic N) is 3. The fraction of sp³-hybridized carbons (Fsp3) is 0.524. The van der Waals surface area contributed by atoms with E-state index in [0.29, 0.717) is 19.0 Å². The average molecular weight is 569 g/mol. The number of alkyl halides is 3. The van der Waals surface area contributed by atoms with Crippen molar-refractivity contribution in [3.8, 4) is 5.75 Å². The summed E-state index contributed by atoms with van der Waals surface area (Å²) in [7, 11) is 1.41. The van der Waals surface area contributed by atoms with E-state index in [-0.39, 0.29) is 36.6 Å². The van der Waals surface area contributed by atoms with Gasteiger partial charge >= 0.3 is 6.18 Å². The van der Waals surface area contributed by atoms with Crippen LogP contribution in [-0.4, -0.2) is 52.5 Å². The van der Waals surface area contributed by atoms with Crippen molar-refractivity contribution in [2.24, 2.45) is 12.0 Å². The zero-order valence-electron chi connectivity index (χ0n) is 18.6. The largest absolute Gasteiger partial charge is 0.489 e. The lowest BCUT2D eigenvalue weighted by molar-refractivity contribution is -0.272. The molecule has 3 N–H and O–H groups in total. The van der Waals surface area contributed by atoms with Crippen molar-refractivity contribution >= 4 is 29.9 Å². The minimum absolute atomic E-state index is 0. The molecule has 32 heavy (non-hydrogen) atoms. The third kappa shape index (κ3) is 7.54. The Morgan fingerprint density at radius 1 is 1.31 bits per heavy atom. The highest BCUT2D eigenvalue weighted by Crippen LogP contribution is 2.40. The highest BCUT2D eigenvalue weighted by atomic mass is 127. The van der Waals surface area contributed by atoms with Gasteiger partial charge in [0.1, 0.15) is 17.7 Å². The summed E-state index contributed by atoms with van der Waals surface area (Å²) in [5.41, 5.74) is -2.00. The molecule has 0 aliphatic rings. The summed E-state index contributed by atoms with van der Waals surface area (Å²) in [6, 6.07) is 7.64. The molecule has 0 aliphatic carbocycles. The van der Waals surface area contributed by atoms with E-state index in [1.165, 1.54) is 19.4 Å². The predicted octanol–water partition coefficient (Wildman–Crippen LogP) is 3.51. The number of aliphatic hydroxyl groups is 1. The molecule has 0 radical (unpaired) electrons. The lowest BCUT2D eigenvalue weighted by atomic mass is 9.97. The maximum atomic E-state index is 13.6. The maximum Gasteiger partial charge on any atom is 0.424 e. The second kappa shape index (κ2) is 12.3. The predicted molar refractivity (Wildman–Crippen MR) is 128 cm³/mol. The summed E-state index contributed by atoms with van der Waals surface area (Å²) in [4.78, 5) is 8.08. The first kappa shape index (κ1) is 28.0. The molecule has 0 saturated heterocycles. The second-order valence-corrected chi connectivity index (χ2v) is 7.36. The molecule has 1 heterocycles. The molecule has 2 rings (SSSR count). The molecule has 0 aliphatic heterocycles.